The normalized spacial score (nSPS) is 11.6. The van der Waals surface area contributed by atoms with Crippen LogP contribution in [0, 0.1) is 13.8 Å². The smallest absolute Gasteiger partial charge is 0.261 e. The number of hydrogen-bond donors (Lipinski definition) is 1. The van der Waals surface area contributed by atoms with E-state index in [-0.39, 0.29) is 25.0 Å². The van der Waals surface area contributed by atoms with Gasteiger partial charge in [0.15, 0.2) is 6.61 Å². The fourth-order valence-electron chi connectivity index (χ4n) is 2.68. The fourth-order valence-corrected chi connectivity index (χ4v) is 3.19. The van der Waals surface area contributed by atoms with Crippen LogP contribution in [0.15, 0.2) is 36.4 Å². The minimum absolute atomic E-state index is 0.0994. The van der Waals surface area contributed by atoms with Gasteiger partial charge in [0.25, 0.3) is 5.91 Å². The van der Waals surface area contributed by atoms with Crippen molar-refractivity contribution in [3.63, 3.8) is 0 Å². The first kappa shape index (κ1) is 22.1. The van der Waals surface area contributed by atoms with E-state index in [1.54, 1.807) is 25.1 Å². The number of amides is 2. The summed E-state index contributed by atoms with van der Waals surface area (Å²) >= 11 is 12.5. The van der Waals surface area contributed by atoms with E-state index in [9.17, 15) is 9.59 Å². The van der Waals surface area contributed by atoms with Crippen LogP contribution in [-0.2, 0) is 16.1 Å². The Morgan fingerprint density at radius 3 is 2.32 bits per heavy atom. The zero-order valence-electron chi connectivity index (χ0n) is 16.4. The molecule has 0 saturated heterocycles. The van der Waals surface area contributed by atoms with Crippen molar-refractivity contribution in [1.82, 2.24) is 10.2 Å². The van der Waals surface area contributed by atoms with Gasteiger partial charge in [-0.2, -0.15) is 0 Å². The number of ether oxygens (including phenoxy) is 1. The second kappa shape index (κ2) is 9.80. The maximum Gasteiger partial charge on any atom is 0.261 e. The van der Waals surface area contributed by atoms with Crippen molar-refractivity contribution >= 4 is 35.0 Å². The highest BCUT2D eigenvalue weighted by molar-refractivity contribution is 6.36. The predicted octanol–water partition coefficient (Wildman–Crippen LogP) is 4.15. The highest BCUT2D eigenvalue weighted by Gasteiger charge is 2.27. The third-order valence-electron chi connectivity index (χ3n) is 4.64. The van der Waals surface area contributed by atoms with Gasteiger partial charge < -0.3 is 15.0 Å². The van der Waals surface area contributed by atoms with E-state index in [2.05, 4.69) is 5.32 Å². The van der Waals surface area contributed by atoms with Gasteiger partial charge in [-0.1, -0.05) is 35.3 Å². The summed E-state index contributed by atoms with van der Waals surface area (Å²) in [7, 11) is 1.52. The zero-order valence-corrected chi connectivity index (χ0v) is 17.9. The molecular weight excluding hydrogens is 399 g/mol. The highest BCUT2D eigenvalue weighted by atomic mass is 35.5. The maximum atomic E-state index is 12.9. The van der Waals surface area contributed by atoms with E-state index in [0.29, 0.717) is 21.4 Å². The molecule has 2 rings (SSSR count). The summed E-state index contributed by atoms with van der Waals surface area (Å²) < 4.78 is 5.66. The summed E-state index contributed by atoms with van der Waals surface area (Å²) in [6.45, 7) is 5.53. The molecule has 0 aliphatic carbocycles. The summed E-state index contributed by atoms with van der Waals surface area (Å²) in [5.74, 6) is -0.0345. The standard InChI is InChI=1S/C21H24Cl2N2O3/c1-13-8-9-16(10-14(13)2)28-12-20(26)25(15(3)21(27)24-4)11-17-18(22)6-5-7-19(17)23/h5-10,15H,11-12H2,1-4H3,(H,24,27)/t15-/m1/s1. The Balaban J connectivity index is 2.21. The fraction of sp³-hybridized carbons (Fsp3) is 0.333. The van der Waals surface area contributed by atoms with Crippen LogP contribution in [0.2, 0.25) is 10.0 Å². The lowest BCUT2D eigenvalue weighted by Gasteiger charge is -2.29. The Morgan fingerprint density at radius 2 is 1.75 bits per heavy atom. The summed E-state index contributed by atoms with van der Waals surface area (Å²) in [6.07, 6.45) is 0. The minimum atomic E-state index is -0.715. The highest BCUT2D eigenvalue weighted by Crippen LogP contribution is 2.26. The van der Waals surface area contributed by atoms with E-state index in [4.69, 9.17) is 27.9 Å². The number of halogens is 2. The second-order valence-electron chi connectivity index (χ2n) is 6.55. The van der Waals surface area contributed by atoms with Crippen molar-refractivity contribution in [2.24, 2.45) is 0 Å². The second-order valence-corrected chi connectivity index (χ2v) is 7.36. The Bertz CT molecular complexity index is 850. The molecule has 0 heterocycles. The lowest BCUT2D eigenvalue weighted by atomic mass is 10.1. The van der Waals surface area contributed by atoms with Crippen molar-refractivity contribution in [3.8, 4) is 5.75 Å². The Hall–Kier alpha value is -2.24. The van der Waals surface area contributed by atoms with Crippen molar-refractivity contribution in [3.05, 3.63) is 63.1 Å². The topological polar surface area (TPSA) is 58.6 Å². The number of rotatable bonds is 7. The number of likely N-dealkylation sites (N-methyl/N-ethyl adjacent to an activating group) is 1. The maximum absolute atomic E-state index is 12.9. The van der Waals surface area contributed by atoms with Gasteiger partial charge >= 0.3 is 0 Å². The van der Waals surface area contributed by atoms with Crippen LogP contribution in [0.3, 0.4) is 0 Å². The number of benzene rings is 2. The molecule has 1 N–H and O–H groups in total. The number of carbonyl (C=O) groups is 2. The molecule has 0 aliphatic heterocycles. The molecule has 2 aromatic rings. The summed E-state index contributed by atoms with van der Waals surface area (Å²) in [4.78, 5) is 26.5. The van der Waals surface area contributed by atoms with Crippen LogP contribution in [0.1, 0.15) is 23.6 Å². The van der Waals surface area contributed by atoms with Crippen LogP contribution in [0.25, 0.3) is 0 Å². The third kappa shape index (κ3) is 5.40. The van der Waals surface area contributed by atoms with Gasteiger partial charge in [-0.25, -0.2) is 0 Å². The van der Waals surface area contributed by atoms with E-state index in [0.717, 1.165) is 11.1 Å². The molecule has 7 heteroatoms. The average molecular weight is 423 g/mol. The largest absolute Gasteiger partial charge is 0.484 e. The number of hydrogen-bond acceptors (Lipinski definition) is 3. The lowest BCUT2D eigenvalue weighted by molar-refractivity contribution is -0.142. The van der Waals surface area contributed by atoms with Crippen molar-refractivity contribution in [2.75, 3.05) is 13.7 Å². The molecule has 0 saturated carbocycles. The quantitative estimate of drug-likeness (QED) is 0.728. The molecule has 0 aliphatic rings. The van der Waals surface area contributed by atoms with E-state index in [1.807, 2.05) is 32.0 Å². The van der Waals surface area contributed by atoms with Crippen LogP contribution in [-0.4, -0.2) is 36.4 Å². The average Bonchev–Trinajstić information content (AvgIpc) is 2.67. The molecule has 0 aromatic heterocycles. The number of aryl methyl sites for hydroxylation is 2. The van der Waals surface area contributed by atoms with Gasteiger partial charge in [0, 0.05) is 29.2 Å². The molecule has 0 radical (unpaired) electrons. The Labute approximate surface area is 175 Å². The Kier molecular flexibility index (Phi) is 7.72. The molecule has 0 spiro atoms. The monoisotopic (exact) mass is 422 g/mol. The number of nitrogens with one attached hydrogen (secondary N) is 1. The number of carbonyl (C=O) groups excluding carboxylic acids is 2. The van der Waals surface area contributed by atoms with E-state index >= 15 is 0 Å². The zero-order chi connectivity index (χ0) is 20.8. The molecule has 0 unspecified atom stereocenters. The SMILES string of the molecule is CNC(=O)[C@@H](C)N(Cc1c(Cl)cccc1Cl)C(=O)COc1ccc(C)c(C)c1. The first-order valence-electron chi connectivity index (χ1n) is 8.88. The van der Waals surface area contributed by atoms with E-state index in [1.165, 1.54) is 11.9 Å². The van der Waals surface area contributed by atoms with Crippen LogP contribution < -0.4 is 10.1 Å². The van der Waals surface area contributed by atoms with Gasteiger partial charge in [-0.15, -0.1) is 0 Å². The van der Waals surface area contributed by atoms with Crippen molar-refractivity contribution < 1.29 is 14.3 Å². The minimum Gasteiger partial charge on any atom is -0.484 e. The van der Waals surface area contributed by atoms with Crippen molar-refractivity contribution in [2.45, 2.75) is 33.4 Å². The molecule has 2 amide bonds. The number of nitrogens with zero attached hydrogens (tertiary/aromatic N) is 1. The van der Waals surface area contributed by atoms with Gasteiger partial charge in [-0.3, -0.25) is 9.59 Å². The molecule has 0 bridgehead atoms. The van der Waals surface area contributed by atoms with E-state index < -0.39 is 6.04 Å². The molecule has 0 fully saturated rings. The third-order valence-corrected chi connectivity index (χ3v) is 5.35. The van der Waals surface area contributed by atoms with Gasteiger partial charge in [0.2, 0.25) is 5.91 Å². The summed E-state index contributed by atoms with van der Waals surface area (Å²) in [5.41, 5.74) is 2.80. The van der Waals surface area contributed by atoms with Crippen molar-refractivity contribution in [1.29, 1.82) is 0 Å². The van der Waals surface area contributed by atoms with Crippen LogP contribution in [0.4, 0.5) is 0 Å². The van der Waals surface area contributed by atoms with Crippen LogP contribution in [0.5, 0.6) is 5.75 Å². The van der Waals surface area contributed by atoms with Gasteiger partial charge in [-0.05, 0) is 56.2 Å². The molecule has 5 nitrogen and oxygen atoms in total. The lowest BCUT2D eigenvalue weighted by Crippen LogP contribution is -2.48. The first-order chi connectivity index (χ1) is 13.2. The molecule has 2 aromatic carbocycles. The van der Waals surface area contributed by atoms with Gasteiger partial charge in [0.05, 0.1) is 0 Å². The molecular formula is C21H24Cl2N2O3. The first-order valence-corrected chi connectivity index (χ1v) is 9.64. The molecule has 28 heavy (non-hydrogen) atoms. The summed E-state index contributed by atoms with van der Waals surface area (Å²) in [6, 6.07) is 10.0. The van der Waals surface area contributed by atoms with Crippen LogP contribution >= 0.6 is 23.2 Å². The van der Waals surface area contributed by atoms with Gasteiger partial charge in [0.1, 0.15) is 11.8 Å². The predicted molar refractivity (Wildman–Crippen MR) is 112 cm³/mol. The summed E-state index contributed by atoms with van der Waals surface area (Å²) in [5, 5.41) is 3.43. The molecule has 150 valence electrons. The Morgan fingerprint density at radius 1 is 1.11 bits per heavy atom. The molecule has 1 atom stereocenters.